The van der Waals surface area contributed by atoms with Crippen molar-refractivity contribution in [3.8, 4) is 5.69 Å². The molecule has 3 rings (SSSR count). The molecule has 106 valence electrons. The number of benzene rings is 2. The first kappa shape index (κ1) is 13.7. The van der Waals surface area contributed by atoms with Gasteiger partial charge in [-0.25, -0.2) is 9.18 Å². The highest BCUT2D eigenvalue weighted by atomic mass is 79.9. The Kier molecular flexibility index (Phi) is 3.66. The van der Waals surface area contributed by atoms with Crippen molar-refractivity contribution in [2.24, 2.45) is 0 Å². The number of nitrogens with zero attached hydrogens (tertiary/aromatic N) is 4. The Morgan fingerprint density at radius 1 is 1.10 bits per heavy atom. The third kappa shape index (κ3) is 2.78. The molecule has 2 aromatic carbocycles. The number of rotatable bonds is 3. The van der Waals surface area contributed by atoms with Crippen LogP contribution in [0, 0.1) is 5.82 Å². The summed E-state index contributed by atoms with van der Waals surface area (Å²) in [5.41, 5.74) is 0.578. The number of para-hydroxylation sites is 1. The minimum Gasteiger partial charge on any atom is -0.244 e. The van der Waals surface area contributed by atoms with E-state index in [9.17, 15) is 9.18 Å². The smallest absolute Gasteiger partial charge is 0.244 e. The van der Waals surface area contributed by atoms with Crippen molar-refractivity contribution < 1.29 is 4.39 Å². The van der Waals surface area contributed by atoms with Gasteiger partial charge in [0.15, 0.2) is 0 Å². The molecule has 0 aliphatic rings. The maximum atomic E-state index is 13.8. The molecule has 0 atom stereocenters. The van der Waals surface area contributed by atoms with Gasteiger partial charge in [-0.15, -0.1) is 0 Å². The molecule has 7 heteroatoms. The van der Waals surface area contributed by atoms with Gasteiger partial charge in [-0.3, -0.25) is 0 Å². The van der Waals surface area contributed by atoms with E-state index in [1.807, 2.05) is 6.07 Å². The van der Waals surface area contributed by atoms with Crippen LogP contribution in [0.15, 0.2) is 57.8 Å². The van der Waals surface area contributed by atoms with Crippen LogP contribution in [0.2, 0.25) is 0 Å². The lowest BCUT2D eigenvalue weighted by molar-refractivity contribution is 0.570. The van der Waals surface area contributed by atoms with Gasteiger partial charge in [-0.2, -0.15) is 9.36 Å². The SMILES string of the molecule is O=c1n(Cc2ccc(Br)cc2F)nnn1-c1ccccc1. The summed E-state index contributed by atoms with van der Waals surface area (Å²) in [6.07, 6.45) is 0. The minimum absolute atomic E-state index is 0.0325. The quantitative estimate of drug-likeness (QED) is 0.730. The predicted molar refractivity (Wildman–Crippen MR) is 78.8 cm³/mol. The van der Waals surface area contributed by atoms with Gasteiger partial charge < -0.3 is 0 Å². The van der Waals surface area contributed by atoms with Crippen LogP contribution >= 0.6 is 15.9 Å². The van der Waals surface area contributed by atoms with Crippen molar-refractivity contribution in [2.45, 2.75) is 6.54 Å². The first-order chi connectivity index (χ1) is 10.1. The topological polar surface area (TPSA) is 52.7 Å². The lowest BCUT2D eigenvalue weighted by Gasteiger charge is -2.02. The lowest BCUT2D eigenvalue weighted by Crippen LogP contribution is -2.25. The Morgan fingerprint density at radius 2 is 1.86 bits per heavy atom. The Labute approximate surface area is 127 Å². The zero-order valence-electron chi connectivity index (χ0n) is 10.8. The highest BCUT2D eigenvalue weighted by Gasteiger charge is 2.11. The van der Waals surface area contributed by atoms with E-state index < -0.39 is 11.5 Å². The summed E-state index contributed by atoms with van der Waals surface area (Å²) in [5.74, 6) is -0.398. The van der Waals surface area contributed by atoms with Crippen LogP contribution in [0.3, 0.4) is 0 Å². The molecule has 0 saturated carbocycles. The van der Waals surface area contributed by atoms with E-state index in [-0.39, 0.29) is 6.54 Å². The van der Waals surface area contributed by atoms with E-state index in [4.69, 9.17) is 0 Å². The van der Waals surface area contributed by atoms with Gasteiger partial charge in [-0.1, -0.05) is 40.2 Å². The normalized spacial score (nSPS) is 10.8. The second-order valence-electron chi connectivity index (χ2n) is 4.40. The molecule has 3 aromatic rings. The third-order valence-electron chi connectivity index (χ3n) is 2.98. The van der Waals surface area contributed by atoms with Gasteiger partial charge >= 0.3 is 5.69 Å². The van der Waals surface area contributed by atoms with Crippen LogP contribution < -0.4 is 5.69 Å². The van der Waals surface area contributed by atoms with Crippen LogP contribution in [0.4, 0.5) is 4.39 Å². The molecule has 0 N–H and O–H groups in total. The molecule has 0 unspecified atom stereocenters. The minimum atomic E-state index is -0.413. The summed E-state index contributed by atoms with van der Waals surface area (Å²) in [6.45, 7) is 0.0325. The van der Waals surface area contributed by atoms with Crippen molar-refractivity contribution in [1.29, 1.82) is 0 Å². The van der Waals surface area contributed by atoms with Crippen molar-refractivity contribution in [1.82, 2.24) is 19.8 Å². The number of tetrazole rings is 1. The van der Waals surface area contributed by atoms with E-state index in [0.29, 0.717) is 15.7 Å². The third-order valence-corrected chi connectivity index (χ3v) is 3.47. The number of hydrogen-bond acceptors (Lipinski definition) is 3. The average molecular weight is 349 g/mol. The Morgan fingerprint density at radius 3 is 2.57 bits per heavy atom. The van der Waals surface area contributed by atoms with Gasteiger partial charge in [0.2, 0.25) is 0 Å². The summed E-state index contributed by atoms with van der Waals surface area (Å²) in [6, 6.07) is 13.6. The highest BCUT2D eigenvalue weighted by Crippen LogP contribution is 2.15. The molecule has 0 saturated heterocycles. The molecule has 5 nitrogen and oxygen atoms in total. The van der Waals surface area contributed by atoms with Gasteiger partial charge in [0.05, 0.1) is 12.2 Å². The van der Waals surface area contributed by atoms with E-state index in [0.717, 1.165) is 4.68 Å². The summed E-state index contributed by atoms with van der Waals surface area (Å²) >= 11 is 3.19. The van der Waals surface area contributed by atoms with Crippen LogP contribution in [-0.2, 0) is 6.54 Å². The molecular weight excluding hydrogens is 339 g/mol. The molecule has 0 aliphatic heterocycles. The van der Waals surface area contributed by atoms with Gasteiger partial charge in [0.25, 0.3) is 0 Å². The molecule has 0 bridgehead atoms. The maximum Gasteiger partial charge on any atom is 0.368 e. The fourth-order valence-electron chi connectivity index (χ4n) is 1.92. The fourth-order valence-corrected chi connectivity index (χ4v) is 2.25. The summed E-state index contributed by atoms with van der Waals surface area (Å²) < 4.78 is 16.7. The van der Waals surface area contributed by atoms with Gasteiger partial charge in [-0.05, 0) is 34.7 Å². The first-order valence-corrected chi connectivity index (χ1v) is 6.96. The van der Waals surface area contributed by atoms with Crippen molar-refractivity contribution in [3.05, 3.63) is 74.9 Å². The predicted octanol–water partition coefficient (Wildman–Crippen LogP) is 2.38. The largest absolute Gasteiger partial charge is 0.368 e. The lowest BCUT2D eigenvalue weighted by atomic mass is 10.2. The number of hydrogen-bond donors (Lipinski definition) is 0. The van der Waals surface area contributed by atoms with E-state index in [2.05, 4.69) is 26.4 Å². The molecule has 1 aromatic heterocycles. The van der Waals surface area contributed by atoms with Crippen LogP contribution in [0.25, 0.3) is 5.69 Å². The Balaban J connectivity index is 1.95. The maximum absolute atomic E-state index is 13.8. The summed E-state index contributed by atoms with van der Waals surface area (Å²) in [5, 5.41) is 7.60. The number of aromatic nitrogens is 4. The molecule has 21 heavy (non-hydrogen) atoms. The molecule has 0 spiro atoms. The van der Waals surface area contributed by atoms with Crippen LogP contribution in [-0.4, -0.2) is 19.8 Å². The first-order valence-electron chi connectivity index (χ1n) is 6.17. The van der Waals surface area contributed by atoms with Gasteiger partial charge in [0.1, 0.15) is 5.82 Å². The Bertz CT molecular complexity index is 828. The monoisotopic (exact) mass is 348 g/mol. The molecule has 0 fully saturated rings. The van der Waals surface area contributed by atoms with Crippen molar-refractivity contribution in [3.63, 3.8) is 0 Å². The van der Waals surface area contributed by atoms with Crippen LogP contribution in [0.5, 0.6) is 0 Å². The standard InChI is InChI=1S/C14H10BrFN4O/c15-11-7-6-10(13(16)8-11)9-19-14(21)20(18-17-19)12-4-2-1-3-5-12/h1-8H,9H2. The summed E-state index contributed by atoms with van der Waals surface area (Å²) in [7, 11) is 0. The second-order valence-corrected chi connectivity index (χ2v) is 5.32. The van der Waals surface area contributed by atoms with E-state index >= 15 is 0 Å². The second kappa shape index (κ2) is 5.61. The molecule has 0 radical (unpaired) electrons. The highest BCUT2D eigenvalue weighted by molar-refractivity contribution is 9.10. The van der Waals surface area contributed by atoms with Gasteiger partial charge in [0, 0.05) is 10.0 Å². The molecular formula is C14H10BrFN4O. The summed E-state index contributed by atoms with van der Waals surface area (Å²) in [4.78, 5) is 12.2. The molecule has 0 amide bonds. The molecule has 1 heterocycles. The van der Waals surface area contributed by atoms with Crippen molar-refractivity contribution >= 4 is 15.9 Å². The zero-order valence-corrected chi connectivity index (χ0v) is 12.4. The molecule has 0 aliphatic carbocycles. The van der Waals surface area contributed by atoms with E-state index in [1.165, 1.54) is 10.7 Å². The number of halogens is 2. The van der Waals surface area contributed by atoms with Crippen LogP contribution in [0.1, 0.15) is 5.56 Å². The average Bonchev–Trinajstić information content (AvgIpc) is 2.84. The fraction of sp³-hybridized carbons (Fsp3) is 0.0714. The van der Waals surface area contributed by atoms with Crippen molar-refractivity contribution in [2.75, 3.05) is 0 Å². The van der Waals surface area contributed by atoms with E-state index in [1.54, 1.807) is 36.4 Å². The Hall–Kier alpha value is -2.28. The zero-order chi connectivity index (χ0) is 14.8.